The molecule has 0 spiro atoms. The highest BCUT2D eigenvalue weighted by molar-refractivity contribution is 7.98. The molecule has 0 aliphatic carbocycles. The van der Waals surface area contributed by atoms with Crippen molar-refractivity contribution in [2.24, 2.45) is 7.05 Å². The monoisotopic (exact) mass is 275 g/mol. The second-order valence-electron chi connectivity index (χ2n) is 4.61. The van der Waals surface area contributed by atoms with Gasteiger partial charge in [-0.15, -0.1) is 11.8 Å². The van der Waals surface area contributed by atoms with Gasteiger partial charge >= 0.3 is 0 Å². The van der Waals surface area contributed by atoms with Crippen molar-refractivity contribution in [3.63, 3.8) is 0 Å². The molecule has 1 N–H and O–H groups in total. The molecular formula is C15H21N3S. The van der Waals surface area contributed by atoms with Crippen LogP contribution in [0.2, 0.25) is 0 Å². The molecule has 0 radical (unpaired) electrons. The fourth-order valence-corrected chi connectivity index (χ4v) is 2.84. The number of rotatable bonds is 7. The number of imidazole rings is 1. The van der Waals surface area contributed by atoms with Crippen LogP contribution in [-0.4, -0.2) is 16.1 Å². The minimum atomic E-state index is 0.952. The number of hydrogen-bond acceptors (Lipinski definition) is 3. The Labute approximate surface area is 119 Å². The van der Waals surface area contributed by atoms with Crippen molar-refractivity contribution in [2.45, 2.75) is 30.5 Å². The standard InChI is InChI=1S/C15H21N3S/c1-3-7-16-9-13-5-4-6-15(8-13)19-11-14-10-17-12-18(14)2/h4-6,8,10,12,16H,3,7,9,11H2,1-2H3. The number of nitrogens with one attached hydrogen (secondary N) is 1. The van der Waals surface area contributed by atoms with Crippen LogP contribution in [0.4, 0.5) is 0 Å². The van der Waals surface area contributed by atoms with E-state index in [-0.39, 0.29) is 0 Å². The van der Waals surface area contributed by atoms with Gasteiger partial charge in [-0.05, 0) is 30.7 Å². The lowest BCUT2D eigenvalue weighted by atomic mass is 10.2. The van der Waals surface area contributed by atoms with Crippen molar-refractivity contribution in [1.82, 2.24) is 14.9 Å². The van der Waals surface area contributed by atoms with E-state index in [0.29, 0.717) is 0 Å². The first-order chi connectivity index (χ1) is 9.29. The van der Waals surface area contributed by atoms with Crippen molar-refractivity contribution in [1.29, 1.82) is 0 Å². The largest absolute Gasteiger partial charge is 0.337 e. The van der Waals surface area contributed by atoms with Gasteiger partial charge in [0, 0.05) is 36.1 Å². The Morgan fingerprint density at radius 1 is 1.37 bits per heavy atom. The van der Waals surface area contributed by atoms with Crippen molar-refractivity contribution in [3.05, 3.63) is 48.0 Å². The molecule has 0 aliphatic heterocycles. The van der Waals surface area contributed by atoms with E-state index in [1.165, 1.54) is 22.6 Å². The first-order valence-electron chi connectivity index (χ1n) is 6.67. The maximum atomic E-state index is 4.14. The zero-order valence-corrected chi connectivity index (χ0v) is 12.4. The normalized spacial score (nSPS) is 10.8. The smallest absolute Gasteiger partial charge is 0.0945 e. The summed E-state index contributed by atoms with van der Waals surface area (Å²) in [5.41, 5.74) is 2.60. The predicted molar refractivity (Wildman–Crippen MR) is 81.2 cm³/mol. The fourth-order valence-electron chi connectivity index (χ4n) is 1.84. The Morgan fingerprint density at radius 2 is 2.26 bits per heavy atom. The zero-order chi connectivity index (χ0) is 13.5. The minimum absolute atomic E-state index is 0.952. The summed E-state index contributed by atoms with van der Waals surface area (Å²) in [4.78, 5) is 5.46. The van der Waals surface area contributed by atoms with Crippen LogP contribution in [0, 0.1) is 0 Å². The summed E-state index contributed by atoms with van der Waals surface area (Å²) >= 11 is 1.86. The third-order valence-electron chi connectivity index (χ3n) is 2.96. The van der Waals surface area contributed by atoms with E-state index >= 15 is 0 Å². The van der Waals surface area contributed by atoms with E-state index in [9.17, 15) is 0 Å². The highest BCUT2D eigenvalue weighted by atomic mass is 32.2. The van der Waals surface area contributed by atoms with Crippen molar-refractivity contribution in [2.75, 3.05) is 6.54 Å². The van der Waals surface area contributed by atoms with Gasteiger partial charge in [-0.3, -0.25) is 0 Å². The SMILES string of the molecule is CCCNCc1cccc(SCc2cncn2C)c1. The molecule has 0 saturated heterocycles. The van der Waals surface area contributed by atoms with Crippen LogP contribution in [0.5, 0.6) is 0 Å². The fraction of sp³-hybridized carbons (Fsp3) is 0.400. The lowest BCUT2D eigenvalue weighted by Gasteiger charge is -2.06. The van der Waals surface area contributed by atoms with Gasteiger partial charge in [0.2, 0.25) is 0 Å². The van der Waals surface area contributed by atoms with Crippen LogP contribution in [-0.2, 0) is 19.3 Å². The summed E-state index contributed by atoms with van der Waals surface area (Å²) in [7, 11) is 2.04. The molecular weight excluding hydrogens is 254 g/mol. The number of hydrogen-bond donors (Lipinski definition) is 1. The molecule has 0 fully saturated rings. The van der Waals surface area contributed by atoms with E-state index in [1.54, 1.807) is 0 Å². The van der Waals surface area contributed by atoms with Crippen molar-refractivity contribution in [3.8, 4) is 0 Å². The average molecular weight is 275 g/mol. The van der Waals surface area contributed by atoms with Gasteiger partial charge in [-0.1, -0.05) is 19.1 Å². The van der Waals surface area contributed by atoms with Gasteiger partial charge < -0.3 is 9.88 Å². The molecule has 3 nitrogen and oxygen atoms in total. The van der Waals surface area contributed by atoms with E-state index in [1.807, 2.05) is 31.3 Å². The molecule has 2 aromatic rings. The van der Waals surface area contributed by atoms with Crippen LogP contribution < -0.4 is 5.32 Å². The van der Waals surface area contributed by atoms with E-state index in [4.69, 9.17) is 0 Å². The number of aryl methyl sites for hydroxylation is 1. The molecule has 4 heteroatoms. The molecule has 1 aromatic carbocycles. The predicted octanol–water partition coefficient (Wildman–Crippen LogP) is 3.21. The second-order valence-corrected chi connectivity index (χ2v) is 5.66. The van der Waals surface area contributed by atoms with Crippen LogP contribution in [0.25, 0.3) is 0 Å². The third kappa shape index (κ3) is 4.40. The van der Waals surface area contributed by atoms with Gasteiger partial charge in [-0.25, -0.2) is 4.98 Å². The average Bonchev–Trinajstić information content (AvgIpc) is 2.83. The molecule has 102 valence electrons. The van der Waals surface area contributed by atoms with Gasteiger partial charge in [0.15, 0.2) is 0 Å². The number of benzene rings is 1. The summed E-state index contributed by atoms with van der Waals surface area (Å²) in [5, 5.41) is 3.43. The molecule has 0 amide bonds. The lowest BCUT2D eigenvalue weighted by Crippen LogP contribution is -2.13. The zero-order valence-electron chi connectivity index (χ0n) is 11.6. The Hall–Kier alpha value is -1.26. The maximum Gasteiger partial charge on any atom is 0.0945 e. The Balaban J connectivity index is 1.90. The molecule has 2 rings (SSSR count). The van der Waals surface area contributed by atoms with Crippen molar-refractivity contribution < 1.29 is 0 Å². The Morgan fingerprint density at radius 3 is 3.00 bits per heavy atom. The van der Waals surface area contributed by atoms with Crippen LogP contribution in [0.15, 0.2) is 41.7 Å². The topological polar surface area (TPSA) is 29.9 Å². The second kappa shape index (κ2) is 7.36. The quantitative estimate of drug-likeness (QED) is 0.621. The summed E-state index contributed by atoms with van der Waals surface area (Å²) in [6.45, 7) is 4.22. The Bertz CT molecular complexity index is 508. The van der Waals surface area contributed by atoms with E-state index in [2.05, 4.69) is 46.1 Å². The molecule has 0 unspecified atom stereocenters. The summed E-state index contributed by atoms with van der Waals surface area (Å²) < 4.78 is 2.07. The number of aromatic nitrogens is 2. The highest BCUT2D eigenvalue weighted by Crippen LogP contribution is 2.23. The Kier molecular flexibility index (Phi) is 5.48. The lowest BCUT2D eigenvalue weighted by molar-refractivity contribution is 0.674. The van der Waals surface area contributed by atoms with Gasteiger partial charge in [0.1, 0.15) is 0 Å². The van der Waals surface area contributed by atoms with Crippen LogP contribution in [0.1, 0.15) is 24.6 Å². The minimum Gasteiger partial charge on any atom is -0.337 e. The number of thioether (sulfide) groups is 1. The third-order valence-corrected chi connectivity index (χ3v) is 3.98. The first kappa shape index (κ1) is 14.2. The maximum absolute atomic E-state index is 4.14. The van der Waals surface area contributed by atoms with Crippen molar-refractivity contribution >= 4 is 11.8 Å². The van der Waals surface area contributed by atoms with Crippen LogP contribution in [0.3, 0.4) is 0 Å². The van der Waals surface area contributed by atoms with Gasteiger partial charge in [0.25, 0.3) is 0 Å². The van der Waals surface area contributed by atoms with E-state index < -0.39 is 0 Å². The summed E-state index contributed by atoms with van der Waals surface area (Å²) in [6, 6.07) is 8.75. The molecule has 19 heavy (non-hydrogen) atoms. The summed E-state index contributed by atoms with van der Waals surface area (Å²) in [5.74, 6) is 0.961. The molecule has 0 aliphatic rings. The first-order valence-corrected chi connectivity index (χ1v) is 7.66. The molecule has 0 saturated carbocycles. The van der Waals surface area contributed by atoms with Crippen LogP contribution >= 0.6 is 11.8 Å². The summed E-state index contributed by atoms with van der Waals surface area (Å²) in [6.07, 6.45) is 4.95. The van der Waals surface area contributed by atoms with E-state index in [0.717, 1.165) is 18.8 Å². The number of nitrogens with zero attached hydrogens (tertiary/aromatic N) is 2. The highest BCUT2D eigenvalue weighted by Gasteiger charge is 2.01. The molecule has 1 heterocycles. The molecule has 1 aromatic heterocycles. The molecule has 0 atom stereocenters. The molecule has 0 bridgehead atoms. The van der Waals surface area contributed by atoms with Gasteiger partial charge in [0.05, 0.1) is 6.33 Å². The van der Waals surface area contributed by atoms with Gasteiger partial charge in [-0.2, -0.15) is 0 Å².